The van der Waals surface area contributed by atoms with Crippen LogP contribution < -0.4 is 10.6 Å². The van der Waals surface area contributed by atoms with Crippen LogP contribution in [0.2, 0.25) is 0 Å². The minimum absolute atomic E-state index is 0.396. The number of urea groups is 1. The van der Waals surface area contributed by atoms with Crippen LogP contribution in [0.1, 0.15) is 24.8 Å². The first-order valence-electron chi connectivity index (χ1n) is 5.93. The van der Waals surface area contributed by atoms with Gasteiger partial charge in [0.05, 0.1) is 0 Å². The van der Waals surface area contributed by atoms with Crippen LogP contribution >= 0.6 is 11.3 Å². The fourth-order valence-corrected chi connectivity index (χ4v) is 2.64. The second-order valence-electron chi connectivity index (χ2n) is 4.50. The van der Waals surface area contributed by atoms with Crippen molar-refractivity contribution in [2.24, 2.45) is 0 Å². The molecule has 0 aliphatic heterocycles. The highest BCUT2D eigenvalue weighted by Crippen LogP contribution is 2.31. The molecule has 5 nitrogen and oxygen atoms in total. The van der Waals surface area contributed by atoms with Crippen molar-refractivity contribution in [3.63, 3.8) is 0 Å². The molecule has 0 unspecified atom stereocenters. The molecule has 2 rings (SSSR count). The smallest absolute Gasteiger partial charge is 0.329 e. The molecule has 1 aromatic rings. The molecule has 0 radical (unpaired) electrons. The highest BCUT2D eigenvalue weighted by molar-refractivity contribution is 7.07. The quantitative estimate of drug-likeness (QED) is 0.759. The van der Waals surface area contributed by atoms with E-state index in [2.05, 4.69) is 10.6 Å². The Kier molecular flexibility index (Phi) is 3.86. The summed E-state index contributed by atoms with van der Waals surface area (Å²) in [6, 6.07) is 1.61. The first-order valence-corrected chi connectivity index (χ1v) is 6.87. The SMILES string of the molecule is O=C(NCCc1ccsc1)NC1(C(=O)O)CCC1. The van der Waals surface area contributed by atoms with Gasteiger partial charge in [0.15, 0.2) is 0 Å². The average molecular weight is 268 g/mol. The van der Waals surface area contributed by atoms with E-state index in [9.17, 15) is 9.59 Å². The Balaban J connectivity index is 1.73. The maximum atomic E-state index is 11.6. The number of carbonyl (C=O) groups excluding carboxylic acids is 1. The molecular formula is C12H16N2O3S. The van der Waals surface area contributed by atoms with Gasteiger partial charge in [0.25, 0.3) is 0 Å². The molecule has 0 aromatic carbocycles. The summed E-state index contributed by atoms with van der Waals surface area (Å²) < 4.78 is 0. The number of carboxylic acid groups (broad SMARTS) is 1. The van der Waals surface area contributed by atoms with Gasteiger partial charge in [-0.05, 0) is 48.1 Å². The minimum Gasteiger partial charge on any atom is -0.480 e. The van der Waals surface area contributed by atoms with Crippen molar-refractivity contribution in [2.75, 3.05) is 6.54 Å². The lowest BCUT2D eigenvalue weighted by Crippen LogP contribution is -2.61. The summed E-state index contributed by atoms with van der Waals surface area (Å²) in [5.41, 5.74) is 0.142. The molecule has 98 valence electrons. The van der Waals surface area contributed by atoms with Crippen LogP contribution in [0, 0.1) is 0 Å². The number of carbonyl (C=O) groups is 2. The van der Waals surface area contributed by atoms with Gasteiger partial charge in [0.2, 0.25) is 0 Å². The lowest BCUT2D eigenvalue weighted by Gasteiger charge is -2.38. The minimum atomic E-state index is -1.04. The van der Waals surface area contributed by atoms with E-state index in [4.69, 9.17) is 5.11 Å². The van der Waals surface area contributed by atoms with Crippen molar-refractivity contribution in [1.82, 2.24) is 10.6 Å². The summed E-state index contributed by atoms with van der Waals surface area (Å²) in [6.07, 6.45) is 2.64. The molecule has 1 fully saturated rings. The summed E-state index contributed by atoms with van der Waals surface area (Å²) in [6.45, 7) is 0.512. The zero-order valence-corrected chi connectivity index (χ0v) is 10.8. The van der Waals surface area contributed by atoms with Crippen LogP contribution in [-0.4, -0.2) is 29.2 Å². The summed E-state index contributed by atoms with van der Waals surface area (Å²) in [5, 5.41) is 18.3. The second kappa shape index (κ2) is 5.39. The van der Waals surface area contributed by atoms with Crippen LogP contribution in [0.15, 0.2) is 16.8 Å². The molecular weight excluding hydrogens is 252 g/mol. The van der Waals surface area contributed by atoms with E-state index >= 15 is 0 Å². The van der Waals surface area contributed by atoms with Gasteiger partial charge in [-0.3, -0.25) is 0 Å². The van der Waals surface area contributed by atoms with Crippen LogP contribution in [0.5, 0.6) is 0 Å². The van der Waals surface area contributed by atoms with Gasteiger partial charge >= 0.3 is 12.0 Å². The van der Waals surface area contributed by atoms with Crippen LogP contribution in [-0.2, 0) is 11.2 Å². The Hall–Kier alpha value is -1.56. The Morgan fingerprint density at radius 1 is 1.44 bits per heavy atom. The highest BCUT2D eigenvalue weighted by Gasteiger charge is 2.45. The largest absolute Gasteiger partial charge is 0.480 e. The van der Waals surface area contributed by atoms with Crippen molar-refractivity contribution < 1.29 is 14.7 Å². The van der Waals surface area contributed by atoms with Gasteiger partial charge in [-0.15, -0.1) is 0 Å². The number of amides is 2. The standard InChI is InChI=1S/C12H16N2O3S/c15-10(16)12(4-1-5-12)14-11(17)13-6-2-9-3-7-18-8-9/h3,7-8H,1-2,4-6H2,(H,15,16)(H2,13,14,17). The van der Waals surface area contributed by atoms with E-state index in [-0.39, 0.29) is 0 Å². The van der Waals surface area contributed by atoms with Crippen molar-refractivity contribution in [3.8, 4) is 0 Å². The zero-order valence-electron chi connectivity index (χ0n) is 9.94. The van der Waals surface area contributed by atoms with Crippen molar-refractivity contribution in [2.45, 2.75) is 31.2 Å². The summed E-state index contributed by atoms with van der Waals surface area (Å²) in [4.78, 5) is 22.7. The topological polar surface area (TPSA) is 78.4 Å². The highest BCUT2D eigenvalue weighted by atomic mass is 32.1. The maximum absolute atomic E-state index is 11.6. The molecule has 6 heteroatoms. The van der Waals surface area contributed by atoms with Gasteiger partial charge in [0.1, 0.15) is 5.54 Å². The molecule has 1 saturated carbocycles. The monoisotopic (exact) mass is 268 g/mol. The Morgan fingerprint density at radius 3 is 2.72 bits per heavy atom. The number of carboxylic acids is 1. The van der Waals surface area contributed by atoms with E-state index in [1.807, 2.05) is 16.8 Å². The molecule has 0 saturated heterocycles. The van der Waals surface area contributed by atoms with Crippen molar-refractivity contribution >= 4 is 23.3 Å². The first kappa shape index (κ1) is 12.9. The van der Waals surface area contributed by atoms with Crippen molar-refractivity contribution in [1.29, 1.82) is 0 Å². The number of hydrogen-bond acceptors (Lipinski definition) is 3. The molecule has 3 N–H and O–H groups in total. The van der Waals surface area contributed by atoms with Gasteiger partial charge in [-0.2, -0.15) is 11.3 Å². The van der Waals surface area contributed by atoms with E-state index in [1.54, 1.807) is 11.3 Å². The van der Waals surface area contributed by atoms with Gasteiger partial charge < -0.3 is 15.7 Å². The van der Waals surface area contributed by atoms with E-state index in [0.717, 1.165) is 12.8 Å². The first-order chi connectivity index (χ1) is 8.62. The van der Waals surface area contributed by atoms with Crippen molar-refractivity contribution in [3.05, 3.63) is 22.4 Å². The van der Waals surface area contributed by atoms with Crippen LogP contribution in [0.4, 0.5) is 4.79 Å². The third-order valence-corrected chi connectivity index (χ3v) is 3.98. The molecule has 0 spiro atoms. The number of aliphatic carboxylic acids is 1. The van der Waals surface area contributed by atoms with E-state index in [0.29, 0.717) is 19.4 Å². The third kappa shape index (κ3) is 2.81. The molecule has 1 aliphatic carbocycles. The average Bonchev–Trinajstić information content (AvgIpc) is 2.76. The maximum Gasteiger partial charge on any atom is 0.329 e. The summed E-state index contributed by atoms with van der Waals surface area (Å²) in [7, 11) is 0. The Labute approximate surface area is 109 Å². The Morgan fingerprint density at radius 2 is 2.22 bits per heavy atom. The molecule has 0 bridgehead atoms. The number of thiophene rings is 1. The normalized spacial score (nSPS) is 16.7. The Bertz CT molecular complexity index is 427. The summed E-state index contributed by atoms with van der Waals surface area (Å²) >= 11 is 1.62. The van der Waals surface area contributed by atoms with E-state index < -0.39 is 17.5 Å². The fraction of sp³-hybridized carbons (Fsp3) is 0.500. The van der Waals surface area contributed by atoms with Crippen LogP contribution in [0.3, 0.4) is 0 Å². The predicted molar refractivity (Wildman–Crippen MR) is 68.8 cm³/mol. The molecule has 1 heterocycles. The molecule has 1 aromatic heterocycles. The van der Waals surface area contributed by atoms with Gasteiger partial charge in [-0.25, -0.2) is 9.59 Å². The van der Waals surface area contributed by atoms with Crippen LogP contribution in [0.25, 0.3) is 0 Å². The van der Waals surface area contributed by atoms with E-state index in [1.165, 1.54) is 5.56 Å². The number of nitrogens with one attached hydrogen (secondary N) is 2. The zero-order chi connectivity index (χ0) is 13.0. The van der Waals surface area contributed by atoms with Gasteiger partial charge in [0, 0.05) is 6.54 Å². The number of rotatable bonds is 5. The lowest BCUT2D eigenvalue weighted by atomic mass is 9.77. The number of hydrogen-bond donors (Lipinski definition) is 3. The lowest BCUT2D eigenvalue weighted by molar-refractivity contribution is -0.148. The second-order valence-corrected chi connectivity index (χ2v) is 5.28. The fourth-order valence-electron chi connectivity index (χ4n) is 1.94. The molecule has 0 atom stereocenters. The molecule has 18 heavy (non-hydrogen) atoms. The molecule has 2 amide bonds. The summed E-state index contributed by atoms with van der Waals surface area (Å²) in [5.74, 6) is -0.943. The third-order valence-electron chi connectivity index (χ3n) is 3.25. The van der Waals surface area contributed by atoms with Gasteiger partial charge in [-0.1, -0.05) is 0 Å². The predicted octanol–water partition coefficient (Wildman–Crippen LogP) is 1.60. The molecule has 1 aliphatic rings.